The number of nitrogens with one attached hydrogen (secondary N) is 1. The van der Waals surface area contributed by atoms with Crippen LogP contribution in [0.4, 0.5) is 11.4 Å². The van der Waals surface area contributed by atoms with E-state index in [2.05, 4.69) is 15.2 Å². The van der Waals surface area contributed by atoms with Crippen molar-refractivity contribution in [2.24, 2.45) is 4.99 Å². The van der Waals surface area contributed by atoms with Crippen molar-refractivity contribution >= 4 is 51.9 Å². The van der Waals surface area contributed by atoms with Crippen LogP contribution in [0.25, 0.3) is 6.08 Å². The molecule has 0 unspecified atom stereocenters. The van der Waals surface area contributed by atoms with Crippen molar-refractivity contribution in [2.45, 2.75) is 0 Å². The van der Waals surface area contributed by atoms with Crippen molar-refractivity contribution in [2.75, 3.05) is 38.3 Å². The molecule has 8 heteroatoms. The number of hydrogen-bond donors (Lipinski definition) is 1. The largest absolute Gasteiger partial charge is 0.496 e. The van der Waals surface area contributed by atoms with E-state index in [1.807, 2.05) is 36.4 Å². The molecule has 0 spiro atoms. The zero-order chi connectivity index (χ0) is 20.2. The lowest BCUT2D eigenvalue weighted by Crippen LogP contribution is -2.36. The lowest BCUT2D eigenvalue weighted by atomic mass is 10.1. The van der Waals surface area contributed by atoms with Crippen molar-refractivity contribution in [3.63, 3.8) is 0 Å². The summed E-state index contributed by atoms with van der Waals surface area (Å²) < 4.78 is 11.0. The van der Waals surface area contributed by atoms with E-state index in [0.717, 1.165) is 43.3 Å². The van der Waals surface area contributed by atoms with Gasteiger partial charge in [-0.1, -0.05) is 17.7 Å². The van der Waals surface area contributed by atoms with Crippen molar-refractivity contribution in [3.8, 4) is 5.75 Å². The molecule has 2 aliphatic rings. The monoisotopic (exact) mass is 429 g/mol. The van der Waals surface area contributed by atoms with Gasteiger partial charge in [-0.25, -0.2) is 4.99 Å². The highest BCUT2D eigenvalue weighted by Gasteiger charge is 2.24. The Morgan fingerprint density at radius 3 is 2.83 bits per heavy atom. The van der Waals surface area contributed by atoms with Crippen LogP contribution in [0.1, 0.15) is 5.56 Å². The highest BCUT2D eigenvalue weighted by molar-refractivity contribution is 8.18. The maximum absolute atomic E-state index is 12.4. The van der Waals surface area contributed by atoms with Gasteiger partial charge in [-0.3, -0.25) is 4.79 Å². The highest BCUT2D eigenvalue weighted by atomic mass is 35.5. The topological polar surface area (TPSA) is 63.2 Å². The Bertz CT molecular complexity index is 987. The first-order valence-electron chi connectivity index (χ1n) is 9.18. The number of amides is 1. The molecule has 2 heterocycles. The first-order valence-corrected chi connectivity index (χ1v) is 10.4. The van der Waals surface area contributed by atoms with E-state index < -0.39 is 0 Å². The molecule has 0 atom stereocenters. The summed E-state index contributed by atoms with van der Waals surface area (Å²) in [6.45, 7) is 3.15. The summed E-state index contributed by atoms with van der Waals surface area (Å²) in [7, 11) is 1.63. The highest BCUT2D eigenvalue weighted by Crippen LogP contribution is 2.33. The number of rotatable bonds is 4. The summed E-state index contributed by atoms with van der Waals surface area (Å²) >= 11 is 7.29. The number of aliphatic imine (C=N–C) groups is 1. The number of hydrogen-bond acceptors (Lipinski definition) is 6. The second-order valence-electron chi connectivity index (χ2n) is 6.49. The fourth-order valence-electron chi connectivity index (χ4n) is 3.12. The molecule has 1 N–H and O–H groups in total. The standard InChI is InChI=1S/C21H20ClN3O3S/c1-27-18-13-17(25-7-9-28-10-8-25)6-5-14(18)11-19-20(26)24-21(29-19)23-16-4-2-3-15(22)12-16/h2-6,11-13H,7-10H2,1H3,(H,23,24,26)/b19-11-. The average Bonchev–Trinajstić information content (AvgIpc) is 3.07. The Morgan fingerprint density at radius 2 is 2.07 bits per heavy atom. The van der Waals surface area contributed by atoms with Crippen LogP contribution in [0.5, 0.6) is 5.75 Å². The first-order chi connectivity index (χ1) is 14.1. The molecule has 0 aliphatic carbocycles. The number of amidine groups is 1. The molecule has 1 amide bonds. The van der Waals surface area contributed by atoms with E-state index in [0.29, 0.717) is 20.8 Å². The summed E-state index contributed by atoms with van der Waals surface area (Å²) in [4.78, 5) is 19.7. The number of benzene rings is 2. The van der Waals surface area contributed by atoms with Crippen molar-refractivity contribution < 1.29 is 14.3 Å². The second kappa shape index (κ2) is 8.90. The lowest BCUT2D eigenvalue weighted by Gasteiger charge is -2.29. The molecule has 0 radical (unpaired) electrons. The molecule has 6 nitrogen and oxygen atoms in total. The fraction of sp³-hybridized carbons (Fsp3) is 0.238. The number of ether oxygens (including phenoxy) is 2. The van der Waals surface area contributed by atoms with Crippen LogP contribution in [-0.2, 0) is 9.53 Å². The van der Waals surface area contributed by atoms with Gasteiger partial charge in [0.1, 0.15) is 5.75 Å². The van der Waals surface area contributed by atoms with Crippen LogP contribution >= 0.6 is 23.4 Å². The molecule has 2 fully saturated rings. The van der Waals surface area contributed by atoms with E-state index in [1.165, 1.54) is 11.8 Å². The van der Waals surface area contributed by atoms with Gasteiger partial charge in [0.2, 0.25) is 0 Å². The van der Waals surface area contributed by atoms with Crippen molar-refractivity contribution in [1.82, 2.24) is 5.32 Å². The zero-order valence-electron chi connectivity index (χ0n) is 15.9. The summed E-state index contributed by atoms with van der Waals surface area (Å²) in [5, 5.41) is 3.91. The van der Waals surface area contributed by atoms with Gasteiger partial charge in [0.15, 0.2) is 5.17 Å². The fourth-order valence-corrected chi connectivity index (χ4v) is 4.14. The molecule has 4 rings (SSSR count). The van der Waals surface area contributed by atoms with Crippen LogP contribution in [0.15, 0.2) is 52.4 Å². The Balaban J connectivity index is 1.56. The molecule has 2 aliphatic heterocycles. The molecule has 150 valence electrons. The van der Waals surface area contributed by atoms with Crippen LogP contribution in [0, 0.1) is 0 Å². The van der Waals surface area contributed by atoms with Crippen molar-refractivity contribution in [3.05, 3.63) is 58.0 Å². The van der Waals surface area contributed by atoms with Gasteiger partial charge in [-0.2, -0.15) is 0 Å². The predicted molar refractivity (Wildman–Crippen MR) is 118 cm³/mol. The lowest BCUT2D eigenvalue weighted by molar-refractivity contribution is -0.115. The van der Waals surface area contributed by atoms with Gasteiger partial charge in [-0.15, -0.1) is 0 Å². The van der Waals surface area contributed by atoms with Crippen LogP contribution < -0.4 is 15.0 Å². The van der Waals surface area contributed by atoms with Crippen LogP contribution in [0.3, 0.4) is 0 Å². The minimum absolute atomic E-state index is 0.185. The van der Waals surface area contributed by atoms with Gasteiger partial charge in [0.05, 0.1) is 30.9 Å². The van der Waals surface area contributed by atoms with E-state index >= 15 is 0 Å². The number of thioether (sulfide) groups is 1. The minimum atomic E-state index is -0.185. The van der Waals surface area contributed by atoms with E-state index in [-0.39, 0.29) is 5.91 Å². The Kier molecular flexibility index (Phi) is 6.08. The number of nitrogens with zero attached hydrogens (tertiary/aromatic N) is 2. The second-order valence-corrected chi connectivity index (χ2v) is 7.95. The third kappa shape index (κ3) is 4.75. The van der Waals surface area contributed by atoms with Gasteiger partial charge >= 0.3 is 0 Å². The van der Waals surface area contributed by atoms with Crippen molar-refractivity contribution in [1.29, 1.82) is 0 Å². The normalized spacial score (nSPS) is 19.7. The maximum Gasteiger partial charge on any atom is 0.264 e. The molecular weight excluding hydrogens is 410 g/mol. The molecule has 29 heavy (non-hydrogen) atoms. The van der Waals surface area contributed by atoms with Gasteiger partial charge in [-0.05, 0) is 48.2 Å². The van der Waals surface area contributed by atoms with E-state index in [4.69, 9.17) is 21.1 Å². The molecule has 2 aromatic carbocycles. The summed E-state index contributed by atoms with van der Waals surface area (Å²) in [6, 6.07) is 13.2. The number of methoxy groups -OCH3 is 1. The SMILES string of the molecule is COc1cc(N2CCOCC2)ccc1/C=C1\SC(=Nc2cccc(Cl)c2)NC1=O. The molecule has 0 saturated carbocycles. The number of carbonyl (C=O) groups is 1. The summed E-state index contributed by atoms with van der Waals surface area (Å²) in [6.07, 6.45) is 1.82. The Hall–Kier alpha value is -2.48. The Labute approximate surface area is 178 Å². The number of halogens is 1. The quantitative estimate of drug-likeness (QED) is 0.742. The number of morpholine rings is 1. The number of carbonyl (C=O) groups excluding carboxylic acids is 1. The molecule has 0 bridgehead atoms. The summed E-state index contributed by atoms with van der Waals surface area (Å²) in [5.74, 6) is 0.533. The van der Waals surface area contributed by atoms with E-state index in [9.17, 15) is 4.79 Å². The molecule has 0 aromatic heterocycles. The maximum atomic E-state index is 12.4. The molecule has 2 aromatic rings. The Morgan fingerprint density at radius 1 is 1.24 bits per heavy atom. The van der Waals surface area contributed by atoms with Gasteiger partial charge < -0.3 is 19.7 Å². The first kappa shape index (κ1) is 19.8. The third-order valence-corrected chi connectivity index (χ3v) is 5.71. The number of anilines is 1. The minimum Gasteiger partial charge on any atom is -0.496 e. The van der Waals surface area contributed by atoms with Crippen LogP contribution in [0.2, 0.25) is 5.02 Å². The molecular formula is C21H20ClN3O3S. The third-order valence-electron chi connectivity index (χ3n) is 4.57. The summed E-state index contributed by atoms with van der Waals surface area (Å²) in [5.41, 5.74) is 2.61. The average molecular weight is 430 g/mol. The van der Waals surface area contributed by atoms with Gasteiger partial charge in [0, 0.05) is 35.4 Å². The molecule has 2 saturated heterocycles. The van der Waals surface area contributed by atoms with Crippen LogP contribution in [-0.4, -0.2) is 44.5 Å². The zero-order valence-corrected chi connectivity index (χ0v) is 17.4. The smallest absolute Gasteiger partial charge is 0.264 e. The van der Waals surface area contributed by atoms with E-state index in [1.54, 1.807) is 19.2 Å². The predicted octanol–water partition coefficient (Wildman–Crippen LogP) is 4.08. The van der Waals surface area contributed by atoms with Gasteiger partial charge in [0.25, 0.3) is 5.91 Å².